The molecule has 0 aliphatic carbocycles. The first-order valence-electron chi connectivity index (χ1n) is 6.14. The number of rotatable bonds is 3. The van der Waals surface area contributed by atoms with Gasteiger partial charge < -0.3 is 5.32 Å². The Morgan fingerprint density at radius 1 is 1.32 bits per heavy atom. The molecule has 100 valence electrons. The zero-order valence-corrected chi connectivity index (χ0v) is 11.9. The highest BCUT2D eigenvalue weighted by molar-refractivity contribution is 6.01. The third kappa shape index (κ3) is 2.23. The molecule has 5 heteroatoms. The van der Waals surface area contributed by atoms with Crippen LogP contribution in [0, 0.1) is 13.8 Å². The van der Waals surface area contributed by atoms with Gasteiger partial charge >= 0.3 is 0 Å². The van der Waals surface area contributed by atoms with Crippen molar-refractivity contribution in [2.24, 2.45) is 7.05 Å². The van der Waals surface area contributed by atoms with Crippen LogP contribution in [0.4, 0.5) is 5.82 Å². The monoisotopic (exact) mass is 258 g/mol. The summed E-state index contributed by atoms with van der Waals surface area (Å²) in [4.78, 5) is 16.2. The maximum absolute atomic E-state index is 11.8. The van der Waals surface area contributed by atoms with E-state index in [0.29, 0.717) is 11.4 Å². The lowest BCUT2D eigenvalue weighted by atomic mass is 9.97. The number of nitrogens with one attached hydrogen (secondary N) is 1. The summed E-state index contributed by atoms with van der Waals surface area (Å²) in [6.45, 7) is 5.46. The van der Waals surface area contributed by atoms with E-state index in [-0.39, 0.29) is 5.78 Å². The molecule has 1 N–H and O–H groups in total. The van der Waals surface area contributed by atoms with Crippen molar-refractivity contribution in [2.45, 2.75) is 20.8 Å². The molecule has 0 saturated heterocycles. The van der Waals surface area contributed by atoms with Crippen molar-refractivity contribution >= 4 is 11.6 Å². The third-order valence-corrected chi connectivity index (χ3v) is 3.23. The van der Waals surface area contributed by atoms with Gasteiger partial charge in [-0.3, -0.25) is 9.48 Å². The number of aryl methyl sites for hydroxylation is 2. The average Bonchev–Trinajstić information content (AvgIpc) is 2.67. The van der Waals surface area contributed by atoms with Gasteiger partial charge in [-0.15, -0.1) is 0 Å². The van der Waals surface area contributed by atoms with Crippen molar-refractivity contribution in [1.82, 2.24) is 14.8 Å². The molecule has 0 spiro atoms. The van der Waals surface area contributed by atoms with Crippen LogP contribution in [0.2, 0.25) is 0 Å². The summed E-state index contributed by atoms with van der Waals surface area (Å²) in [6, 6.07) is 0. The quantitative estimate of drug-likeness (QED) is 0.858. The first-order valence-corrected chi connectivity index (χ1v) is 6.14. The largest absolute Gasteiger partial charge is 0.373 e. The van der Waals surface area contributed by atoms with Crippen molar-refractivity contribution in [3.05, 3.63) is 29.2 Å². The second-order valence-electron chi connectivity index (χ2n) is 4.63. The van der Waals surface area contributed by atoms with E-state index in [0.717, 1.165) is 22.4 Å². The number of carbonyl (C=O) groups is 1. The molecule has 2 rings (SSSR count). The van der Waals surface area contributed by atoms with Crippen LogP contribution in [0.15, 0.2) is 12.4 Å². The summed E-state index contributed by atoms with van der Waals surface area (Å²) in [5, 5.41) is 7.30. The Labute approximate surface area is 112 Å². The van der Waals surface area contributed by atoms with Crippen molar-refractivity contribution in [1.29, 1.82) is 0 Å². The van der Waals surface area contributed by atoms with E-state index >= 15 is 0 Å². The predicted molar refractivity (Wildman–Crippen MR) is 75.5 cm³/mol. The minimum Gasteiger partial charge on any atom is -0.373 e. The predicted octanol–water partition coefficient (Wildman–Crippen LogP) is 2.34. The molecule has 0 aliphatic rings. The summed E-state index contributed by atoms with van der Waals surface area (Å²) in [5.41, 5.74) is 4.47. The van der Waals surface area contributed by atoms with Gasteiger partial charge in [-0.25, -0.2) is 4.98 Å². The molecule has 0 aliphatic heterocycles. The lowest BCUT2D eigenvalue weighted by Gasteiger charge is -2.12. The maximum Gasteiger partial charge on any atom is 0.163 e. The van der Waals surface area contributed by atoms with Crippen molar-refractivity contribution < 1.29 is 4.79 Å². The van der Waals surface area contributed by atoms with Gasteiger partial charge in [0, 0.05) is 37.6 Å². The van der Waals surface area contributed by atoms with Crippen LogP contribution in [0.3, 0.4) is 0 Å². The summed E-state index contributed by atoms with van der Waals surface area (Å²) in [7, 11) is 3.65. The summed E-state index contributed by atoms with van der Waals surface area (Å²) in [5.74, 6) is 0.632. The average molecular weight is 258 g/mol. The second kappa shape index (κ2) is 4.84. The van der Waals surface area contributed by atoms with Gasteiger partial charge in [0.25, 0.3) is 0 Å². The lowest BCUT2D eigenvalue weighted by Crippen LogP contribution is -2.06. The van der Waals surface area contributed by atoms with Gasteiger partial charge in [0.05, 0.1) is 11.3 Å². The zero-order valence-electron chi connectivity index (χ0n) is 11.9. The molecule has 19 heavy (non-hydrogen) atoms. The van der Waals surface area contributed by atoms with Crippen molar-refractivity contribution in [3.8, 4) is 11.1 Å². The third-order valence-electron chi connectivity index (χ3n) is 3.23. The van der Waals surface area contributed by atoms with Crippen LogP contribution in [-0.4, -0.2) is 27.6 Å². The smallest absolute Gasteiger partial charge is 0.163 e. The van der Waals surface area contributed by atoms with Gasteiger partial charge in [0.2, 0.25) is 0 Å². The van der Waals surface area contributed by atoms with E-state index in [1.54, 1.807) is 24.9 Å². The Hall–Kier alpha value is -2.17. The van der Waals surface area contributed by atoms with Gasteiger partial charge in [-0.2, -0.15) is 5.10 Å². The Balaban J connectivity index is 2.70. The first kappa shape index (κ1) is 13.3. The lowest BCUT2D eigenvalue weighted by molar-refractivity contribution is 0.101. The molecular weight excluding hydrogens is 240 g/mol. The molecule has 0 bridgehead atoms. The summed E-state index contributed by atoms with van der Waals surface area (Å²) in [6.07, 6.45) is 3.74. The maximum atomic E-state index is 11.8. The highest BCUT2D eigenvalue weighted by atomic mass is 16.1. The van der Waals surface area contributed by atoms with Crippen LogP contribution in [-0.2, 0) is 7.05 Å². The number of aromatic nitrogens is 3. The number of ketones is 1. The Morgan fingerprint density at radius 3 is 2.47 bits per heavy atom. The van der Waals surface area contributed by atoms with E-state index in [2.05, 4.69) is 15.4 Å². The molecule has 0 amide bonds. The highest BCUT2D eigenvalue weighted by Gasteiger charge is 2.17. The molecule has 0 radical (unpaired) electrons. The minimum absolute atomic E-state index is 0.0118. The molecule has 0 unspecified atom stereocenters. The standard InChI is InChI=1S/C14H18N4O/c1-8-11(12-7-18(5)17-9(12)2)6-16-14(15-4)13(8)10(3)19/h6-7H,1-5H3,(H,15,16). The summed E-state index contributed by atoms with van der Waals surface area (Å²) < 4.78 is 1.77. The molecule has 0 aromatic carbocycles. The fraction of sp³-hybridized carbons (Fsp3) is 0.357. The number of Topliss-reactive ketones (excluding diaryl/α,β-unsaturated/α-hetero) is 1. The van der Waals surface area contributed by atoms with Crippen LogP contribution >= 0.6 is 0 Å². The fourth-order valence-corrected chi connectivity index (χ4v) is 2.36. The number of hydrogen-bond donors (Lipinski definition) is 1. The molecule has 2 aromatic rings. The Kier molecular flexibility index (Phi) is 3.38. The summed E-state index contributed by atoms with van der Waals surface area (Å²) >= 11 is 0. The number of anilines is 1. The normalized spacial score (nSPS) is 10.6. The van der Waals surface area contributed by atoms with Crippen LogP contribution < -0.4 is 5.32 Å². The number of hydrogen-bond acceptors (Lipinski definition) is 4. The van der Waals surface area contributed by atoms with E-state index < -0.39 is 0 Å². The van der Waals surface area contributed by atoms with Crippen LogP contribution in [0.1, 0.15) is 28.5 Å². The Bertz CT molecular complexity index is 643. The van der Waals surface area contributed by atoms with Crippen LogP contribution in [0.5, 0.6) is 0 Å². The molecule has 5 nitrogen and oxygen atoms in total. The topological polar surface area (TPSA) is 59.8 Å². The van der Waals surface area contributed by atoms with Gasteiger partial charge in [-0.1, -0.05) is 0 Å². The van der Waals surface area contributed by atoms with Crippen LogP contribution in [0.25, 0.3) is 11.1 Å². The minimum atomic E-state index is 0.0118. The van der Waals surface area contributed by atoms with Gasteiger partial charge in [0.15, 0.2) is 5.78 Å². The number of nitrogens with zero attached hydrogens (tertiary/aromatic N) is 3. The number of pyridine rings is 1. The SMILES string of the molecule is CNc1ncc(-c2cn(C)nc2C)c(C)c1C(C)=O. The highest BCUT2D eigenvalue weighted by Crippen LogP contribution is 2.30. The molecule has 0 saturated carbocycles. The molecule has 0 atom stereocenters. The van der Waals surface area contributed by atoms with E-state index in [1.807, 2.05) is 27.1 Å². The second-order valence-corrected chi connectivity index (χ2v) is 4.63. The van der Waals surface area contributed by atoms with E-state index in [9.17, 15) is 4.79 Å². The van der Waals surface area contributed by atoms with Gasteiger partial charge in [-0.05, 0) is 26.3 Å². The van der Waals surface area contributed by atoms with Crippen molar-refractivity contribution in [3.63, 3.8) is 0 Å². The van der Waals surface area contributed by atoms with Gasteiger partial charge in [0.1, 0.15) is 5.82 Å². The molecule has 2 aromatic heterocycles. The molecule has 0 fully saturated rings. The molecular formula is C14H18N4O. The fourth-order valence-electron chi connectivity index (χ4n) is 2.36. The zero-order chi connectivity index (χ0) is 14.2. The van der Waals surface area contributed by atoms with E-state index in [1.165, 1.54) is 0 Å². The Morgan fingerprint density at radius 2 is 2.00 bits per heavy atom. The molecule has 2 heterocycles. The van der Waals surface area contributed by atoms with Crippen molar-refractivity contribution in [2.75, 3.05) is 12.4 Å². The van der Waals surface area contributed by atoms with E-state index in [4.69, 9.17) is 0 Å². The number of carbonyl (C=O) groups excluding carboxylic acids is 1. The first-order chi connectivity index (χ1) is 8.95.